The SMILES string of the molecule is Cc1cc(Cl)ccc1C(Br)Cc1ccncc1. The summed E-state index contributed by atoms with van der Waals surface area (Å²) in [6, 6.07) is 10.1. The van der Waals surface area contributed by atoms with Crippen molar-refractivity contribution in [2.45, 2.75) is 18.2 Å². The molecule has 0 aliphatic heterocycles. The molecule has 1 unspecified atom stereocenters. The van der Waals surface area contributed by atoms with Crippen LogP contribution < -0.4 is 0 Å². The van der Waals surface area contributed by atoms with Crippen molar-refractivity contribution in [1.29, 1.82) is 0 Å². The third-order valence-corrected chi connectivity index (χ3v) is 3.79. The van der Waals surface area contributed by atoms with Gasteiger partial charge in [0.15, 0.2) is 0 Å². The first-order chi connectivity index (χ1) is 8.16. The van der Waals surface area contributed by atoms with E-state index in [-0.39, 0.29) is 0 Å². The summed E-state index contributed by atoms with van der Waals surface area (Å²) in [4.78, 5) is 4.33. The molecule has 0 fully saturated rings. The fraction of sp³-hybridized carbons (Fsp3) is 0.214. The zero-order valence-corrected chi connectivity index (χ0v) is 11.9. The van der Waals surface area contributed by atoms with Crippen LogP contribution in [-0.4, -0.2) is 4.98 Å². The maximum atomic E-state index is 5.96. The average molecular weight is 311 g/mol. The minimum absolute atomic E-state index is 0.308. The lowest BCUT2D eigenvalue weighted by Crippen LogP contribution is -1.98. The lowest BCUT2D eigenvalue weighted by Gasteiger charge is -2.13. The van der Waals surface area contributed by atoms with E-state index in [2.05, 4.69) is 33.9 Å². The molecule has 1 aromatic heterocycles. The van der Waals surface area contributed by atoms with Gasteiger partial charge in [0.25, 0.3) is 0 Å². The van der Waals surface area contributed by atoms with Gasteiger partial charge in [-0.2, -0.15) is 0 Å². The van der Waals surface area contributed by atoms with Crippen molar-refractivity contribution in [1.82, 2.24) is 4.98 Å². The molecule has 1 aromatic carbocycles. The molecule has 0 amide bonds. The highest BCUT2D eigenvalue weighted by Gasteiger charge is 2.11. The maximum Gasteiger partial charge on any atom is 0.0438 e. The van der Waals surface area contributed by atoms with Gasteiger partial charge in [-0.05, 0) is 54.3 Å². The molecule has 0 aliphatic carbocycles. The molecule has 3 heteroatoms. The van der Waals surface area contributed by atoms with Crippen molar-refractivity contribution in [3.05, 3.63) is 64.4 Å². The zero-order chi connectivity index (χ0) is 12.3. The summed E-state index contributed by atoms with van der Waals surface area (Å²) in [5.74, 6) is 0. The van der Waals surface area contributed by atoms with Crippen LogP contribution in [0.15, 0.2) is 42.7 Å². The monoisotopic (exact) mass is 309 g/mol. The lowest BCUT2D eigenvalue weighted by molar-refractivity contribution is 0.934. The molecule has 0 saturated carbocycles. The van der Waals surface area contributed by atoms with Crippen LogP contribution in [0.2, 0.25) is 5.02 Å². The molecule has 17 heavy (non-hydrogen) atoms. The Balaban J connectivity index is 2.17. The number of halogens is 2. The second-order valence-electron chi connectivity index (χ2n) is 4.03. The van der Waals surface area contributed by atoms with Crippen LogP contribution in [0.25, 0.3) is 0 Å². The van der Waals surface area contributed by atoms with E-state index >= 15 is 0 Å². The Morgan fingerprint density at radius 1 is 1.24 bits per heavy atom. The third-order valence-electron chi connectivity index (χ3n) is 2.73. The molecular formula is C14H13BrClN. The van der Waals surface area contributed by atoms with Gasteiger partial charge in [0.2, 0.25) is 0 Å². The van der Waals surface area contributed by atoms with Crippen molar-refractivity contribution < 1.29 is 0 Å². The molecular weight excluding hydrogens is 298 g/mol. The molecule has 2 aromatic rings. The first-order valence-electron chi connectivity index (χ1n) is 5.46. The van der Waals surface area contributed by atoms with E-state index in [1.165, 1.54) is 16.7 Å². The predicted octanol–water partition coefficient (Wildman–Crippen LogP) is 4.72. The summed E-state index contributed by atoms with van der Waals surface area (Å²) in [5.41, 5.74) is 3.77. The largest absolute Gasteiger partial charge is 0.265 e. The average Bonchev–Trinajstić information content (AvgIpc) is 2.30. The van der Waals surface area contributed by atoms with Gasteiger partial charge in [0.05, 0.1) is 0 Å². The van der Waals surface area contributed by atoms with E-state index in [0.717, 1.165) is 11.4 Å². The topological polar surface area (TPSA) is 12.9 Å². The number of hydrogen-bond acceptors (Lipinski definition) is 1. The van der Waals surface area contributed by atoms with Crippen molar-refractivity contribution in [2.24, 2.45) is 0 Å². The Kier molecular flexibility index (Phi) is 4.19. The Hall–Kier alpha value is -0.860. The van der Waals surface area contributed by atoms with Crippen molar-refractivity contribution in [3.63, 3.8) is 0 Å². The van der Waals surface area contributed by atoms with Gasteiger partial charge in [-0.25, -0.2) is 0 Å². The molecule has 0 N–H and O–H groups in total. The Morgan fingerprint density at radius 3 is 2.59 bits per heavy atom. The van der Waals surface area contributed by atoms with Crippen LogP contribution in [0.5, 0.6) is 0 Å². The van der Waals surface area contributed by atoms with Gasteiger partial charge in [-0.3, -0.25) is 4.98 Å². The normalized spacial score (nSPS) is 12.4. The fourth-order valence-corrected chi connectivity index (χ4v) is 2.94. The van der Waals surface area contributed by atoms with Gasteiger partial charge in [0.1, 0.15) is 0 Å². The predicted molar refractivity (Wildman–Crippen MR) is 75.8 cm³/mol. The summed E-state index contributed by atoms with van der Waals surface area (Å²) in [6.07, 6.45) is 4.60. The summed E-state index contributed by atoms with van der Waals surface area (Å²) in [5, 5.41) is 0.787. The number of pyridine rings is 1. The molecule has 88 valence electrons. The number of rotatable bonds is 3. The van der Waals surface area contributed by atoms with E-state index in [1.54, 1.807) is 0 Å². The number of hydrogen-bond donors (Lipinski definition) is 0. The summed E-state index contributed by atoms with van der Waals surface area (Å²) in [6.45, 7) is 2.09. The maximum absolute atomic E-state index is 5.96. The number of aromatic nitrogens is 1. The Morgan fingerprint density at radius 2 is 1.94 bits per heavy atom. The molecule has 1 heterocycles. The standard InChI is InChI=1S/C14H13BrClN/c1-10-8-12(16)2-3-13(10)14(15)9-11-4-6-17-7-5-11/h2-8,14H,9H2,1H3. The summed E-state index contributed by atoms with van der Waals surface area (Å²) >= 11 is 9.69. The zero-order valence-electron chi connectivity index (χ0n) is 9.53. The number of benzene rings is 1. The smallest absolute Gasteiger partial charge is 0.0438 e. The molecule has 0 bridgehead atoms. The molecule has 2 rings (SSSR count). The number of nitrogens with zero attached hydrogens (tertiary/aromatic N) is 1. The summed E-state index contributed by atoms with van der Waals surface area (Å²) in [7, 11) is 0. The molecule has 0 saturated heterocycles. The van der Waals surface area contributed by atoms with Gasteiger partial charge in [-0.1, -0.05) is 33.6 Å². The fourth-order valence-electron chi connectivity index (χ4n) is 1.83. The highest BCUT2D eigenvalue weighted by molar-refractivity contribution is 9.09. The van der Waals surface area contributed by atoms with Crippen molar-refractivity contribution in [3.8, 4) is 0 Å². The van der Waals surface area contributed by atoms with E-state index < -0.39 is 0 Å². The van der Waals surface area contributed by atoms with Gasteiger partial charge in [-0.15, -0.1) is 0 Å². The third kappa shape index (κ3) is 3.30. The van der Waals surface area contributed by atoms with Gasteiger partial charge < -0.3 is 0 Å². The van der Waals surface area contributed by atoms with E-state index in [0.29, 0.717) is 4.83 Å². The molecule has 1 nitrogen and oxygen atoms in total. The second kappa shape index (κ2) is 5.65. The van der Waals surface area contributed by atoms with Crippen LogP contribution in [0, 0.1) is 6.92 Å². The van der Waals surface area contributed by atoms with Crippen LogP contribution in [0.3, 0.4) is 0 Å². The number of alkyl halides is 1. The summed E-state index contributed by atoms with van der Waals surface area (Å²) < 4.78 is 0. The highest BCUT2D eigenvalue weighted by atomic mass is 79.9. The number of aryl methyl sites for hydroxylation is 1. The minimum atomic E-state index is 0.308. The first kappa shape index (κ1) is 12.6. The van der Waals surface area contributed by atoms with Crippen LogP contribution in [-0.2, 0) is 6.42 Å². The molecule has 1 atom stereocenters. The van der Waals surface area contributed by atoms with Gasteiger partial charge in [0, 0.05) is 22.2 Å². The molecule has 0 spiro atoms. The van der Waals surface area contributed by atoms with E-state index in [9.17, 15) is 0 Å². The first-order valence-corrected chi connectivity index (χ1v) is 6.75. The minimum Gasteiger partial charge on any atom is -0.265 e. The van der Waals surface area contributed by atoms with Crippen molar-refractivity contribution in [2.75, 3.05) is 0 Å². The van der Waals surface area contributed by atoms with Crippen LogP contribution in [0.1, 0.15) is 21.5 Å². The van der Waals surface area contributed by atoms with E-state index in [4.69, 9.17) is 11.6 Å². The van der Waals surface area contributed by atoms with E-state index in [1.807, 2.05) is 36.7 Å². The highest BCUT2D eigenvalue weighted by Crippen LogP contribution is 2.30. The second-order valence-corrected chi connectivity index (χ2v) is 5.57. The Labute approximate surface area is 115 Å². The van der Waals surface area contributed by atoms with Gasteiger partial charge >= 0.3 is 0 Å². The van der Waals surface area contributed by atoms with Crippen LogP contribution >= 0.6 is 27.5 Å². The molecule has 0 radical (unpaired) electrons. The lowest BCUT2D eigenvalue weighted by atomic mass is 10.0. The quantitative estimate of drug-likeness (QED) is 0.747. The Bertz CT molecular complexity index is 499. The molecule has 0 aliphatic rings. The van der Waals surface area contributed by atoms with Crippen molar-refractivity contribution >= 4 is 27.5 Å². The van der Waals surface area contributed by atoms with Crippen LogP contribution in [0.4, 0.5) is 0 Å².